The van der Waals surface area contributed by atoms with E-state index in [-0.39, 0.29) is 35.3 Å². The van der Waals surface area contributed by atoms with Crippen LogP contribution >= 0.6 is 0 Å². The zero-order valence-electron chi connectivity index (χ0n) is 23.9. The van der Waals surface area contributed by atoms with Gasteiger partial charge in [0.2, 0.25) is 11.7 Å². The van der Waals surface area contributed by atoms with Crippen molar-refractivity contribution in [3.63, 3.8) is 0 Å². The van der Waals surface area contributed by atoms with Gasteiger partial charge in [-0.05, 0) is 49.6 Å². The molecule has 1 saturated heterocycles. The van der Waals surface area contributed by atoms with E-state index in [4.69, 9.17) is 9.47 Å². The molecule has 220 valence electrons. The molecule has 2 atom stereocenters. The van der Waals surface area contributed by atoms with Crippen LogP contribution in [0, 0.1) is 11.6 Å². The SMILES string of the molecule is CNc1ccc(N2CCCC(N(Cc3ccnc(OC)c3)Cc3cn4c5c(c(F)c(F)cc5c3=O)OCC4C)C2)cn1. The number of piperidine rings is 1. The van der Waals surface area contributed by atoms with Crippen molar-refractivity contribution in [3.8, 4) is 11.6 Å². The fourth-order valence-electron chi connectivity index (χ4n) is 6.00. The molecule has 5 heterocycles. The summed E-state index contributed by atoms with van der Waals surface area (Å²) in [6, 6.07) is 8.82. The number of halogens is 2. The summed E-state index contributed by atoms with van der Waals surface area (Å²) in [6.45, 7) is 4.65. The highest BCUT2D eigenvalue weighted by Crippen LogP contribution is 2.36. The number of nitrogens with zero attached hydrogens (tertiary/aromatic N) is 5. The fourth-order valence-corrected chi connectivity index (χ4v) is 6.00. The van der Waals surface area contributed by atoms with Gasteiger partial charge in [-0.25, -0.2) is 14.4 Å². The van der Waals surface area contributed by atoms with Crippen LogP contribution in [0.25, 0.3) is 10.9 Å². The normalized spacial score (nSPS) is 18.3. The lowest BCUT2D eigenvalue weighted by atomic mass is 10.0. The van der Waals surface area contributed by atoms with E-state index in [1.807, 2.05) is 42.9 Å². The summed E-state index contributed by atoms with van der Waals surface area (Å²) in [7, 11) is 3.42. The Hall–Kier alpha value is -4.25. The maximum atomic E-state index is 14.6. The highest BCUT2D eigenvalue weighted by Gasteiger charge is 2.30. The van der Waals surface area contributed by atoms with Gasteiger partial charge in [0.15, 0.2) is 17.0 Å². The number of pyridine rings is 3. The minimum absolute atomic E-state index is 0.111. The standard InChI is InChI=1S/C31H34F2N6O3/c1-19-18-42-31-28(33)25(32)12-24-29(31)39(19)16-21(30(24)40)15-38(14-20-8-9-35-27(11-20)41-3)23-5-4-10-37(17-23)22-6-7-26(34-2)36-13-22/h6-9,11-13,16,19,23H,4-5,10,14-15,17-18H2,1-3H3,(H,34,36). The average Bonchev–Trinajstić information content (AvgIpc) is 3.02. The topological polar surface area (TPSA) is 84.8 Å². The molecule has 0 saturated carbocycles. The van der Waals surface area contributed by atoms with E-state index < -0.39 is 11.6 Å². The number of hydrogen-bond donors (Lipinski definition) is 1. The van der Waals surface area contributed by atoms with Gasteiger partial charge in [0.25, 0.3) is 0 Å². The Labute approximate surface area is 242 Å². The van der Waals surface area contributed by atoms with Crippen LogP contribution in [-0.2, 0) is 13.1 Å². The maximum Gasteiger partial charge on any atom is 0.213 e. The van der Waals surface area contributed by atoms with Crippen LogP contribution < -0.4 is 25.1 Å². The molecule has 1 fully saturated rings. The molecule has 1 aromatic carbocycles. The third-order valence-corrected chi connectivity index (χ3v) is 8.23. The second kappa shape index (κ2) is 11.6. The summed E-state index contributed by atoms with van der Waals surface area (Å²) >= 11 is 0. The van der Waals surface area contributed by atoms with Gasteiger partial charge < -0.3 is 24.3 Å². The lowest BCUT2D eigenvalue weighted by Gasteiger charge is -2.40. The Morgan fingerprint density at radius 2 is 2.05 bits per heavy atom. The second-order valence-electron chi connectivity index (χ2n) is 11.0. The van der Waals surface area contributed by atoms with Gasteiger partial charge in [-0.15, -0.1) is 0 Å². The van der Waals surface area contributed by atoms with Crippen molar-refractivity contribution < 1.29 is 18.3 Å². The number of nitrogens with one attached hydrogen (secondary N) is 1. The third-order valence-electron chi connectivity index (χ3n) is 8.23. The van der Waals surface area contributed by atoms with Crippen molar-refractivity contribution in [1.82, 2.24) is 19.4 Å². The van der Waals surface area contributed by atoms with Crippen molar-refractivity contribution >= 4 is 22.4 Å². The molecule has 0 spiro atoms. The molecular formula is C31H34F2N6O3. The summed E-state index contributed by atoms with van der Waals surface area (Å²) in [4.78, 5) is 27.2. The molecule has 6 rings (SSSR count). The van der Waals surface area contributed by atoms with Crippen molar-refractivity contribution in [2.45, 2.75) is 44.9 Å². The Kier molecular flexibility index (Phi) is 7.68. The van der Waals surface area contributed by atoms with Crippen molar-refractivity contribution in [2.75, 3.05) is 44.1 Å². The number of hydrogen-bond acceptors (Lipinski definition) is 8. The van der Waals surface area contributed by atoms with Gasteiger partial charge in [0.1, 0.15) is 12.4 Å². The van der Waals surface area contributed by atoms with Crippen LogP contribution in [0.5, 0.6) is 11.6 Å². The van der Waals surface area contributed by atoms with Crippen LogP contribution in [0.15, 0.2) is 53.7 Å². The highest BCUT2D eigenvalue weighted by atomic mass is 19.2. The summed E-state index contributed by atoms with van der Waals surface area (Å²) < 4.78 is 42.0. The predicted octanol–water partition coefficient (Wildman–Crippen LogP) is 4.74. The molecule has 42 heavy (non-hydrogen) atoms. The number of ether oxygens (including phenoxy) is 2. The molecular weight excluding hydrogens is 542 g/mol. The zero-order valence-corrected chi connectivity index (χ0v) is 23.9. The summed E-state index contributed by atoms with van der Waals surface area (Å²) in [6.07, 6.45) is 7.29. The average molecular weight is 577 g/mol. The van der Waals surface area contributed by atoms with E-state index >= 15 is 0 Å². The quantitative estimate of drug-likeness (QED) is 0.322. The maximum absolute atomic E-state index is 14.6. The number of anilines is 2. The molecule has 2 aliphatic rings. The molecule has 1 N–H and O–H groups in total. The van der Waals surface area contributed by atoms with E-state index in [1.165, 1.54) is 0 Å². The largest absolute Gasteiger partial charge is 0.486 e. The molecule has 11 heteroatoms. The number of benzene rings is 1. The second-order valence-corrected chi connectivity index (χ2v) is 11.0. The zero-order chi connectivity index (χ0) is 29.4. The van der Waals surface area contributed by atoms with Crippen LogP contribution in [-0.4, -0.2) is 59.3 Å². The lowest BCUT2D eigenvalue weighted by molar-refractivity contribution is 0.157. The molecule has 2 unspecified atom stereocenters. The monoisotopic (exact) mass is 576 g/mol. The molecule has 2 aliphatic heterocycles. The number of rotatable bonds is 8. The molecule has 0 amide bonds. The van der Waals surface area contributed by atoms with Gasteiger partial charge in [-0.2, -0.15) is 4.39 Å². The lowest BCUT2D eigenvalue weighted by Crippen LogP contribution is -2.48. The smallest absolute Gasteiger partial charge is 0.213 e. The van der Waals surface area contributed by atoms with Gasteiger partial charge >= 0.3 is 0 Å². The van der Waals surface area contributed by atoms with E-state index in [0.717, 1.165) is 49.1 Å². The van der Waals surface area contributed by atoms with Crippen LogP contribution in [0.3, 0.4) is 0 Å². The number of aromatic nitrogens is 3. The van der Waals surface area contributed by atoms with Crippen LogP contribution in [0.1, 0.15) is 36.9 Å². The molecule has 0 radical (unpaired) electrons. The predicted molar refractivity (Wildman–Crippen MR) is 157 cm³/mol. The van der Waals surface area contributed by atoms with Crippen molar-refractivity contribution in [2.24, 2.45) is 0 Å². The van der Waals surface area contributed by atoms with Crippen molar-refractivity contribution in [1.29, 1.82) is 0 Å². The Bertz CT molecular complexity index is 1660. The van der Waals surface area contributed by atoms with Gasteiger partial charge in [-0.3, -0.25) is 9.69 Å². The molecule has 0 aliphatic carbocycles. The summed E-state index contributed by atoms with van der Waals surface area (Å²) in [5.41, 5.74) is 2.53. The molecule has 4 aromatic rings. The summed E-state index contributed by atoms with van der Waals surface area (Å²) in [5.74, 6) is -1.03. The van der Waals surface area contributed by atoms with Gasteiger partial charge in [0, 0.05) is 63.3 Å². The Balaban J connectivity index is 1.38. The van der Waals surface area contributed by atoms with E-state index in [0.29, 0.717) is 30.0 Å². The van der Waals surface area contributed by atoms with E-state index in [9.17, 15) is 13.6 Å². The van der Waals surface area contributed by atoms with E-state index in [2.05, 4.69) is 31.2 Å². The Morgan fingerprint density at radius 3 is 2.81 bits per heavy atom. The first-order chi connectivity index (χ1) is 20.4. The molecule has 0 bridgehead atoms. The van der Waals surface area contributed by atoms with E-state index in [1.54, 1.807) is 19.5 Å². The van der Waals surface area contributed by atoms with Gasteiger partial charge in [0.05, 0.1) is 35.9 Å². The van der Waals surface area contributed by atoms with Crippen LogP contribution in [0.4, 0.5) is 20.3 Å². The molecule has 9 nitrogen and oxygen atoms in total. The fraction of sp³-hybridized carbons (Fsp3) is 0.387. The molecule has 3 aromatic heterocycles. The first-order valence-corrected chi connectivity index (χ1v) is 14.2. The Morgan fingerprint density at radius 1 is 1.19 bits per heavy atom. The number of methoxy groups -OCH3 is 1. The van der Waals surface area contributed by atoms with Crippen molar-refractivity contribution in [3.05, 3.63) is 81.9 Å². The first-order valence-electron chi connectivity index (χ1n) is 14.2. The van der Waals surface area contributed by atoms with Gasteiger partial charge in [-0.1, -0.05) is 0 Å². The minimum atomic E-state index is -1.09. The summed E-state index contributed by atoms with van der Waals surface area (Å²) in [5, 5.41) is 3.18. The highest BCUT2D eigenvalue weighted by molar-refractivity contribution is 5.86. The third kappa shape index (κ3) is 5.24. The minimum Gasteiger partial charge on any atom is -0.486 e. The first kappa shape index (κ1) is 27.9. The van der Waals surface area contributed by atoms with Crippen LogP contribution in [0.2, 0.25) is 0 Å².